The van der Waals surface area contributed by atoms with E-state index in [9.17, 15) is 4.79 Å². The first-order chi connectivity index (χ1) is 9.04. The zero-order valence-electron chi connectivity index (χ0n) is 12.1. The van der Waals surface area contributed by atoms with Crippen LogP contribution in [-0.4, -0.2) is 37.6 Å². The summed E-state index contributed by atoms with van der Waals surface area (Å²) in [4.78, 5) is 13.5. The van der Waals surface area contributed by atoms with E-state index in [4.69, 9.17) is 10.5 Å². The molecule has 0 spiro atoms. The number of nitrogens with two attached hydrogens (primary N) is 1. The molecule has 0 aromatic heterocycles. The van der Waals surface area contributed by atoms with Crippen LogP contribution in [0.25, 0.3) is 0 Å². The Bertz CT molecular complexity index is 419. The van der Waals surface area contributed by atoms with E-state index in [2.05, 4.69) is 6.07 Å². The van der Waals surface area contributed by atoms with Crippen LogP contribution in [-0.2, 0) is 4.79 Å². The first-order valence-corrected chi connectivity index (χ1v) is 6.68. The van der Waals surface area contributed by atoms with Gasteiger partial charge in [0.25, 0.3) is 0 Å². The van der Waals surface area contributed by atoms with E-state index in [1.54, 1.807) is 11.9 Å². The van der Waals surface area contributed by atoms with E-state index < -0.39 is 0 Å². The fourth-order valence-corrected chi connectivity index (χ4v) is 1.85. The molecule has 2 N–H and O–H groups in total. The van der Waals surface area contributed by atoms with Gasteiger partial charge in [-0.25, -0.2) is 0 Å². The number of nitrogens with zero attached hydrogens (tertiary/aromatic N) is 1. The Labute approximate surface area is 115 Å². The van der Waals surface area contributed by atoms with Crippen LogP contribution in [0.5, 0.6) is 5.75 Å². The number of carbonyl (C=O) groups is 1. The Hall–Kier alpha value is -1.55. The third kappa shape index (κ3) is 5.30. The van der Waals surface area contributed by atoms with Crippen LogP contribution in [0.1, 0.15) is 24.0 Å². The van der Waals surface area contributed by atoms with Gasteiger partial charge in [-0.05, 0) is 38.4 Å². The number of ether oxygens (including phenoxy) is 1. The van der Waals surface area contributed by atoms with Crippen LogP contribution in [0.3, 0.4) is 0 Å². The Kier molecular flexibility index (Phi) is 6.36. The molecule has 0 aliphatic heterocycles. The molecule has 4 heteroatoms. The van der Waals surface area contributed by atoms with Crippen molar-refractivity contribution in [3.05, 3.63) is 29.3 Å². The second kappa shape index (κ2) is 7.79. The second-order valence-corrected chi connectivity index (χ2v) is 4.82. The van der Waals surface area contributed by atoms with E-state index in [0.717, 1.165) is 17.7 Å². The highest BCUT2D eigenvalue weighted by Crippen LogP contribution is 2.18. The molecule has 1 aromatic rings. The van der Waals surface area contributed by atoms with Gasteiger partial charge in [0, 0.05) is 13.6 Å². The van der Waals surface area contributed by atoms with Gasteiger partial charge in [0.15, 0.2) is 0 Å². The Morgan fingerprint density at radius 3 is 2.74 bits per heavy atom. The standard InChI is InChI=1S/C15H24N2O2/c1-12-5-6-14(13(2)11-12)19-10-7-15(18)17(3)9-4-8-16/h5-6,11H,4,7-10,16H2,1-3H3. The van der Waals surface area contributed by atoms with Gasteiger partial charge >= 0.3 is 0 Å². The lowest BCUT2D eigenvalue weighted by atomic mass is 10.1. The molecule has 0 saturated carbocycles. The van der Waals surface area contributed by atoms with E-state index in [-0.39, 0.29) is 5.91 Å². The SMILES string of the molecule is Cc1ccc(OCCC(=O)N(C)CCCN)c(C)c1. The fourth-order valence-electron chi connectivity index (χ4n) is 1.85. The van der Waals surface area contributed by atoms with Gasteiger partial charge in [0.1, 0.15) is 5.75 Å². The van der Waals surface area contributed by atoms with Gasteiger partial charge < -0.3 is 15.4 Å². The maximum absolute atomic E-state index is 11.8. The average molecular weight is 264 g/mol. The average Bonchev–Trinajstić information content (AvgIpc) is 2.38. The van der Waals surface area contributed by atoms with Crippen LogP contribution in [0, 0.1) is 13.8 Å². The largest absolute Gasteiger partial charge is 0.493 e. The quantitative estimate of drug-likeness (QED) is 0.818. The molecule has 0 aliphatic carbocycles. The molecule has 0 radical (unpaired) electrons. The molecule has 0 aliphatic rings. The molecule has 0 saturated heterocycles. The summed E-state index contributed by atoms with van der Waals surface area (Å²) in [7, 11) is 1.80. The summed E-state index contributed by atoms with van der Waals surface area (Å²) >= 11 is 0. The number of hydrogen-bond donors (Lipinski definition) is 1. The Morgan fingerprint density at radius 2 is 2.11 bits per heavy atom. The normalized spacial score (nSPS) is 10.3. The highest BCUT2D eigenvalue weighted by Gasteiger charge is 2.08. The van der Waals surface area contributed by atoms with Crippen molar-refractivity contribution in [3.63, 3.8) is 0 Å². The Morgan fingerprint density at radius 1 is 1.37 bits per heavy atom. The van der Waals surface area contributed by atoms with Crippen molar-refractivity contribution >= 4 is 5.91 Å². The fraction of sp³-hybridized carbons (Fsp3) is 0.533. The van der Waals surface area contributed by atoms with Gasteiger partial charge in [0.2, 0.25) is 5.91 Å². The number of rotatable bonds is 7. The maximum Gasteiger partial charge on any atom is 0.225 e. The van der Waals surface area contributed by atoms with Crippen LogP contribution in [0.4, 0.5) is 0 Å². The summed E-state index contributed by atoms with van der Waals surface area (Å²) in [5.41, 5.74) is 7.73. The smallest absolute Gasteiger partial charge is 0.225 e. The summed E-state index contributed by atoms with van der Waals surface area (Å²) in [5, 5.41) is 0. The molecule has 19 heavy (non-hydrogen) atoms. The number of benzene rings is 1. The minimum Gasteiger partial charge on any atom is -0.493 e. The molecule has 0 bridgehead atoms. The minimum absolute atomic E-state index is 0.0956. The van der Waals surface area contributed by atoms with E-state index in [1.807, 2.05) is 26.0 Å². The third-order valence-electron chi connectivity index (χ3n) is 3.03. The molecule has 0 heterocycles. The molecule has 1 amide bonds. The first kappa shape index (κ1) is 15.5. The van der Waals surface area contributed by atoms with Gasteiger partial charge in [0.05, 0.1) is 13.0 Å². The monoisotopic (exact) mass is 264 g/mol. The van der Waals surface area contributed by atoms with Crippen molar-refractivity contribution in [2.75, 3.05) is 26.7 Å². The summed E-state index contributed by atoms with van der Waals surface area (Å²) in [6.45, 7) is 5.79. The third-order valence-corrected chi connectivity index (χ3v) is 3.03. The highest BCUT2D eigenvalue weighted by molar-refractivity contribution is 5.75. The van der Waals surface area contributed by atoms with Crippen LogP contribution in [0.15, 0.2) is 18.2 Å². The van der Waals surface area contributed by atoms with Crippen LogP contribution in [0.2, 0.25) is 0 Å². The summed E-state index contributed by atoms with van der Waals surface area (Å²) in [6.07, 6.45) is 1.23. The van der Waals surface area contributed by atoms with Crippen molar-refractivity contribution in [1.82, 2.24) is 4.90 Å². The van der Waals surface area contributed by atoms with Crippen molar-refractivity contribution in [3.8, 4) is 5.75 Å². The highest BCUT2D eigenvalue weighted by atomic mass is 16.5. The zero-order chi connectivity index (χ0) is 14.3. The van der Waals surface area contributed by atoms with Gasteiger partial charge in [-0.1, -0.05) is 17.7 Å². The minimum atomic E-state index is 0.0956. The van der Waals surface area contributed by atoms with Crippen molar-refractivity contribution < 1.29 is 9.53 Å². The topological polar surface area (TPSA) is 55.6 Å². The van der Waals surface area contributed by atoms with Crippen LogP contribution >= 0.6 is 0 Å². The lowest BCUT2D eigenvalue weighted by Gasteiger charge is -2.17. The molecule has 0 fully saturated rings. The molecular weight excluding hydrogens is 240 g/mol. The summed E-state index contributed by atoms with van der Waals surface area (Å²) in [6, 6.07) is 6.04. The molecule has 1 rings (SSSR count). The van der Waals surface area contributed by atoms with Gasteiger partial charge in [-0.2, -0.15) is 0 Å². The molecule has 0 atom stereocenters. The van der Waals surface area contributed by atoms with Crippen molar-refractivity contribution in [2.45, 2.75) is 26.7 Å². The lowest BCUT2D eigenvalue weighted by molar-refractivity contribution is -0.130. The molecule has 4 nitrogen and oxygen atoms in total. The van der Waals surface area contributed by atoms with Gasteiger partial charge in [-0.3, -0.25) is 4.79 Å². The second-order valence-electron chi connectivity index (χ2n) is 4.82. The predicted molar refractivity (Wildman–Crippen MR) is 77.3 cm³/mol. The predicted octanol–water partition coefficient (Wildman–Crippen LogP) is 1.88. The van der Waals surface area contributed by atoms with Crippen LogP contribution < -0.4 is 10.5 Å². The number of amides is 1. The lowest BCUT2D eigenvalue weighted by Crippen LogP contribution is -2.30. The summed E-state index contributed by atoms with van der Waals surface area (Å²) in [5.74, 6) is 0.946. The van der Waals surface area contributed by atoms with E-state index in [1.165, 1.54) is 5.56 Å². The van der Waals surface area contributed by atoms with Gasteiger partial charge in [-0.15, -0.1) is 0 Å². The van der Waals surface area contributed by atoms with Crippen molar-refractivity contribution in [2.24, 2.45) is 5.73 Å². The van der Waals surface area contributed by atoms with E-state index in [0.29, 0.717) is 26.1 Å². The Balaban J connectivity index is 2.35. The van der Waals surface area contributed by atoms with Crippen molar-refractivity contribution in [1.29, 1.82) is 0 Å². The molecule has 106 valence electrons. The molecule has 1 aromatic carbocycles. The molecule has 0 unspecified atom stereocenters. The number of carbonyl (C=O) groups excluding carboxylic acids is 1. The molecular formula is C15H24N2O2. The maximum atomic E-state index is 11.8. The zero-order valence-corrected chi connectivity index (χ0v) is 12.1. The first-order valence-electron chi connectivity index (χ1n) is 6.68. The number of aryl methyl sites for hydroxylation is 2. The summed E-state index contributed by atoms with van der Waals surface area (Å²) < 4.78 is 5.64. The number of hydrogen-bond acceptors (Lipinski definition) is 3. The van der Waals surface area contributed by atoms with E-state index >= 15 is 0 Å².